The van der Waals surface area contributed by atoms with E-state index in [4.69, 9.17) is 9.15 Å². The number of ether oxygens (including phenoxy) is 1. The zero-order valence-corrected chi connectivity index (χ0v) is 15.4. The van der Waals surface area contributed by atoms with Crippen molar-refractivity contribution in [2.24, 2.45) is 0 Å². The number of hydrogen-bond acceptors (Lipinski definition) is 4. The first-order valence-corrected chi connectivity index (χ1v) is 9.52. The summed E-state index contributed by atoms with van der Waals surface area (Å²) in [6, 6.07) is 12.2. The Labute approximate surface area is 155 Å². The number of aryl methyl sites for hydroxylation is 1. The van der Waals surface area contributed by atoms with Gasteiger partial charge in [0.05, 0.1) is 18.9 Å². The third-order valence-electron chi connectivity index (χ3n) is 4.83. The summed E-state index contributed by atoms with van der Waals surface area (Å²) in [4.78, 5) is 14.7. The van der Waals surface area contributed by atoms with Crippen molar-refractivity contribution in [3.05, 3.63) is 54.0 Å². The molecule has 1 atom stereocenters. The van der Waals surface area contributed by atoms with Crippen LogP contribution in [0, 0.1) is 0 Å². The zero-order chi connectivity index (χ0) is 18.2. The average Bonchev–Trinajstić information content (AvgIpc) is 3.36. The first-order valence-electron chi connectivity index (χ1n) is 9.52. The molecular formula is C21H28N2O3. The Morgan fingerprint density at radius 3 is 2.65 bits per heavy atom. The van der Waals surface area contributed by atoms with Crippen LogP contribution in [0.5, 0.6) is 5.75 Å². The first kappa shape index (κ1) is 18.5. The summed E-state index contributed by atoms with van der Waals surface area (Å²) in [5.41, 5.74) is 1.22. The quantitative estimate of drug-likeness (QED) is 0.746. The number of carbonyl (C=O) groups is 1. The lowest BCUT2D eigenvalue weighted by atomic mass is 10.0. The van der Waals surface area contributed by atoms with E-state index in [-0.39, 0.29) is 11.9 Å². The highest BCUT2D eigenvalue weighted by Crippen LogP contribution is 2.26. The van der Waals surface area contributed by atoms with E-state index >= 15 is 0 Å². The van der Waals surface area contributed by atoms with Crippen LogP contribution in [0.25, 0.3) is 0 Å². The van der Waals surface area contributed by atoms with E-state index in [0.29, 0.717) is 26.0 Å². The van der Waals surface area contributed by atoms with Gasteiger partial charge in [0.15, 0.2) is 0 Å². The summed E-state index contributed by atoms with van der Waals surface area (Å²) in [5.74, 6) is 1.80. The summed E-state index contributed by atoms with van der Waals surface area (Å²) in [6.07, 6.45) is 5.17. The van der Waals surface area contributed by atoms with Gasteiger partial charge in [0, 0.05) is 19.4 Å². The van der Waals surface area contributed by atoms with Gasteiger partial charge in [-0.15, -0.1) is 0 Å². The molecule has 1 aliphatic rings. The largest absolute Gasteiger partial charge is 0.494 e. The summed E-state index contributed by atoms with van der Waals surface area (Å²) in [7, 11) is 0. The first-order chi connectivity index (χ1) is 12.8. The Morgan fingerprint density at radius 1 is 1.23 bits per heavy atom. The number of likely N-dealkylation sites (tertiary alicyclic amines) is 1. The summed E-state index contributed by atoms with van der Waals surface area (Å²) in [6.45, 7) is 5.45. The van der Waals surface area contributed by atoms with Crippen LogP contribution >= 0.6 is 0 Å². The van der Waals surface area contributed by atoms with E-state index in [9.17, 15) is 4.79 Å². The third-order valence-corrected chi connectivity index (χ3v) is 4.83. The molecule has 140 valence electrons. The molecule has 26 heavy (non-hydrogen) atoms. The predicted octanol–water partition coefficient (Wildman–Crippen LogP) is 3.56. The highest BCUT2D eigenvalue weighted by Gasteiger charge is 2.24. The van der Waals surface area contributed by atoms with Crippen LogP contribution in [0.4, 0.5) is 0 Å². The molecule has 5 heteroatoms. The molecule has 0 spiro atoms. The molecule has 2 heterocycles. The van der Waals surface area contributed by atoms with Crippen molar-refractivity contribution in [3.63, 3.8) is 0 Å². The van der Waals surface area contributed by atoms with Crippen LogP contribution < -0.4 is 10.1 Å². The monoisotopic (exact) mass is 356 g/mol. The molecule has 1 unspecified atom stereocenters. The number of hydrogen-bond donors (Lipinski definition) is 1. The summed E-state index contributed by atoms with van der Waals surface area (Å²) in [5, 5.41) is 3.11. The van der Waals surface area contributed by atoms with Crippen LogP contribution in [0.15, 0.2) is 47.1 Å². The normalized spacial score (nSPS) is 15.7. The Balaban J connectivity index is 1.58. The lowest BCUT2D eigenvalue weighted by Crippen LogP contribution is -2.36. The van der Waals surface area contributed by atoms with Crippen molar-refractivity contribution in [2.75, 3.05) is 26.2 Å². The average molecular weight is 356 g/mol. The maximum absolute atomic E-state index is 12.2. The van der Waals surface area contributed by atoms with E-state index in [2.05, 4.69) is 22.3 Å². The number of amides is 1. The molecule has 5 nitrogen and oxygen atoms in total. The van der Waals surface area contributed by atoms with Crippen molar-refractivity contribution in [1.82, 2.24) is 10.2 Å². The van der Waals surface area contributed by atoms with Gasteiger partial charge in [-0.3, -0.25) is 9.69 Å². The van der Waals surface area contributed by atoms with Gasteiger partial charge in [-0.1, -0.05) is 12.1 Å². The zero-order valence-electron chi connectivity index (χ0n) is 15.4. The van der Waals surface area contributed by atoms with E-state index in [1.165, 1.54) is 18.4 Å². The van der Waals surface area contributed by atoms with Gasteiger partial charge in [0.2, 0.25) is 5.91 Å². The molecular weight excluding hydrogens is 328 g/mol. The number of rotatable bonds is 9. The Morgan fingerprint density at radius 2 is 2.00 bits per heavy atom. The molecule has 0 aliphatic carbocycles. The number of furan rings is 1. The minimum atomic E-state index is 0.0662. The summed E-state index contributed by atoms with van der Waals surface area (Å²) < 4.78 is 10.8. The summed E-state index contributed by atoms with van der Waals surface area (Å²) >= 11 is 0. The minimum Gasteiger partial charge on any atom is -0.494 e. The highest BCUT2D eigenvalue weighted by atomic mass is 16.5. The minimum absolute atomic E-state index is 0.0662. The molecule has 1 N–H and O–H groups in total. The lowest BCUT2D eigenvalue weighted by Gasteiger charge is -2.28. The molecule has 1 aliphatic heterocycles. The molecule has 1 saturated heterocycles. The number of nitrogens with one attached hydrogen (secondary N) is 1. The molecule has 0 saturated carbocycles. The molecule has 1 aromatic carbocycles. The Kier molecular flexibility index (Phi) is 6.72. The number of benzene rings is 1. The van der Waals surface area contributed by atoms with Gasteiger partial charge < -0.3 is 14.5 Å². The molecule has 3 rings (SSSR count). The van der Waals surface area contributed by atoms with Gasteiger partial charge in [0.1, 0.15) is 11.5 Å². The van der Waals surface area contributed by atoms with Crippen molar-refractivity contribution in [1.29, 1.82) is 0 Å². The lowest BCUT2D eigenvalue weighted by molar-refractivity contribution is -0.121. The van der Waals surface area contributed by atoms with Gasteiger partial charge >= 0.3 is 0 Å². The van der Waals surface area contributed by atoms with Crippen molar-refractivity contribution in [2.45, 2.75) is 38.6 Å². The van der Waals surface area contributed by atoms with Crippen LogP contribution in [-0.2, 0) is 11.2 Å². The molecule has 2 aromatic rings. The fraction of sp³-hybridized carbons (Fsp3) is 0.476. The molecule has 1 amide bonds. The second-order valence-corrected chi connectivity index (χ2v) is 6.64. The van der Waals surface area contributed by atoms with Crippen LogP contribution in [0.1, 0.15) is 43.6 Å². The number of nitrogens with zero attached hydrogens (tertiary/aromatic N) is 1. The van der Waals surface area contributed by atoms with Crippen LogP contribution in [-0.4, -0.2) is 37.0 Å². The molecule has 0 radical (unpaired) electrons. The van der Waals surface area contributed by atoms with Crippen molar-refractivity contribution < 1.29 is 13.9 Å². The standard InChI is InChI=1S/C21H28N2O3/c1-2-25-19-9-7-17(8-10-19)20(23-13-3-4-14-23)16-22-21(24)12-11-18-6-5-15-26-18/h5-10,15,20H,2-4,11-14,16H2,1H3,(H,22,24). The molecule has 1 fully saturated rings. The van der Waals surface area contributed by atoms with Crippen molar-refractivity contribution in [3.8, 4) is 5.75 Å². The fourth-order valence-electron chi connectivity index (χ4n) is 3.45. The van der Waals surface area contributed by atoms with Gasteiger partial charge in [-0.25, -0.2) is 0 Å². The van der Waals surface area contributed by atoms with E-state index < -0.39 is 0 Å². The topological polar surface area (TPSA) is 54.7 Å². The van der Waals surface area contributed by atoms with Crippen molar-refractivity contribution >= 4 is 5.91 Å². The van der Waals surface area contributed by atoms with E-state index in [1.807, 2.05) is 31.2 Å². The highest BCUT2D eigenvalue weighted by molar-refractivity contribution is 5.76. The van der Waals surface area contributed by atoms with Gasteiger partial charge in [-0.2, -0.15) is 0 Å². The van der Waals surface area contributed by atoms with Crippen LogP contribution in [0.3, 0.4) is 0 Å². The fourth-order valence-corrected chi connectivity index (χ4v) is 3.45. The Bertz CT molecular complexity index is 661. The Hall–Kier alpha value is -2.27. The maximum Gasteiger partial charge on any atom is 0.220 e. The van der Waals surface area contributed by atoms with E-state index in [0.717, 1.165) is 24.6 Å². The smallest absolute Gasteiger partial charge is 0.220 e. The van der Waals surface area contributed by atoms with Gasteiger partial charge in [-0.05, 0) is 62.7 Å². The molecule has 0 bridgehead atoms. The van der Waals surface area contributed by atoms with E-state index in [1.54, 1.807) is 6.26 Å². The second-order valence-electron chi connectivity index (χ2n) is 6.64. The molecule has 1 aromatic heterocycles. The predicted molar refractivity (Wildman–Crippen MR) is 101 cm³/mol. The maximum atomic E-state index is 12.2. The second kappa shape index (κ2) is 9.43. The van der Waals surface area contributed by atoms with Crippen LogP contribution in [0.2, 0.25) is 0 Å². The third kappa shape index (κ3) is 5.11. The number of carbonyl (C=O) groups excluding carboxylic acids is 1. The SMILES string of the molecule is CCOc1ccc(C(CNC(=O)CCc2ccco2)N2CCCC2)cc1. The van der Waals surface area contributed by atoms with Gasteiger partial charge in [0.25, 0.3) is 0 Å².